The summed E-state index contributed by atoms with van der Waals surface area (Å²) in [6, 6.07) is 1.48. The average molecular weight is 307 g/mol. The molecule has 2 saturated heterocycles. The van der Waals surface area contributed by atoms with Gasteiger partial charge in [0, 0.05) is 32.1 Å². The molecule has 2 fully saturated rings. The maximum atomic E-state index is 12.4. The number of methoxy groups -OCH3 is 1. The fourth-order valence-corrected chi connectivity index (χ4v) is 3.33. The van der Waals surface area contributed by atoms with Crippen LogP contribution in [0.5, 0.6) is 5.88 Å². The summed E-state index contributed by atoms with van der Waals surface area (Å²) in [4.78, 5) is 28.4. The van der Waals surface area contributed by atoms with Crippen molar-refractivity contribution in [3.8, 4) is 5.88 Å². The number of amides is 2. The lowest BCUT2D eigenvalue weighted by Gasteiger charge is -2.22. The standard InChI is InChI=1S/C15H21N3O4/c1-9(2)5-17-6-10-7-18(8-11(10)14(17)19)15(20)12-4-13(21-3)16-22-12/h4,9-11H,5-8H2,1-3H3/t10-,11+/m1/s1. The molecular weight excluding hydrogens is 286 g/mol. The van der Waals surface area contributed by atoms with Crippen LogP contribution in [0.1, 0.15) is 24.4 Å². The Morgan fingerprint density at radius 2 is 2.23 bits per heavy atom. The number of hydrogen-bond donors (Lipinski definition) is 0. The average Bonchev–Trinajstić information content (AvgIpc) is 3.16. The molecule has 1 aromatic rings. The normalized spacial score (nSPS) is 24.3. The molecular formula is C15H21N3O4. The molecule has 0 aliphatic carbocycles. The van der Waals surface area contributed by atoms with E-state index < -0.39 is 0 Å². The molecule has 2 aliphatic rings. The number of fused-ring (bicyclic) bond motifs is 1. The second kappa shape index (κ2) is 5.62. The second-order valence-corrected chi connectivity index (χ2v) is 6.45. The minimum Gasteiger partial charge on any atom is -0.479 e. The van der Waals surface area contributed by atoms with Gasteiger partial charge in [0.2, 0.25) is 11.7 Å². The van der Waals surface area contributed by atoms with Crippen molar-refractivity contribution < 1.29 is 18.8 Å². The van der Waals surface area contributed by atoms with E-state index in [4.69, 9.17) is 9.26 Å². The Bertz CT molecular complexity index is 583. The monoisotopic (exact) mass is 307 g/mol. The highest BCUT2D eigenvalue weighted by molar-refractivity contribution is 5.93. The number of likely N-dealkylation sites (tertiary alicyclic amines) is 2. The van der Waals surface area contributed by atoms with Crippen LogP contribution in [0, 0.1) is 17.8 Å². The summed E-state index contributed by atoms with van der Waals surface area (Å²) < 4.78 is 9.90. The van der Waals surface area contributed by atoms with Crippen LogP contribution < -0.4 is 4.74 Å². The summed E-state index contributed by atoms with van der Waals surface area (Å²) in [5.41, 5.74) is 0. The maximum absolute atomic E-state index is 12.4. The van der Waals surface area contributed by atoms with Crippen molar-refractivity contribution in [2.24, 2.45) is 17.8 Å². The Balaban J connectivity index is 1.65. The lowest BCUT2D eigenvalue weighted by molar-refractivity contribution is -0.131. The molecule has 0 radical (unpaired) electrons. The number of nitrogens with zero attached hydrogens (tertiary/aromatic N) is 3. The fraction of sp³-hybridized carbons (Fsp3) is 0.667. The van der Waals surface area contributed by atoms with E-state index in [9.17, 15) is 9.59 Å². The number of carbonyl (C=O) groups is 2. The van der Waals surface area contributed by atoms with Crippen molar-refractivity contribution >= 4 is 11.8 Å². The Morgan fingerprint density at radius 1 is 1.45 bits per heavy atom. The van der Waals surface area contributed by atoms with E-state index in [1.807, 2.05) is 4.90 Å². The first-order valence-electron chi connectivity index (χ1n) is 7.58. The number of carbonyl (C=O) groups excluding carboxylic acids is 2. The Labute approximate surface area is 129 Å². The molecule has 0 N–H and O–H groups in total. The lowest BCUT2D eigenvalue weighted by atomic mass is 10.0. The van der Waals surface area contributed by atoms with Crippen LogP contribution in [0.2, 0.25) is 0 Å². The largest absolute Gasteiger partial charge is 0.479 e. The third kappa shape index (κ3) is 2.55. The highest BCUT2D eigenvalue weighted by atomic mass is 16.5. The molecule has 1 aromatic heterocycles. The topological polar surface area (TPSA) is 75.9 Å². The SMILES string of the molecule is COc1cc(C(=O)N2C[C@H]3CN(CC(C)C)C(=O)[C@H]3C2)on1. The summed E-state index contributed by atoms with van der Waals surface area (Å²) in [5, 5.41) is 3.64. The molecule has 3 rings (SSSR count). The number of rotatable bonds is 4. The van der Waals surface area contributed by atoms with E-state index >= 15 is 0 Å². The summed E-state index contributed by atoms with van der Waals surface area (Å²) in [6.07, 6.45) is 0. The van der Waals surface area contributed by atoms with Crippen molar-refractivity contribution in [1.29, 1.82) is 0 Å². The predicted molar refractivity (Wildman–Crippen MR) is 77.4 cm³/mol. The Morgan fingerprint density at radius 3 is 2.82 bits per heavy atom. The quantitative estimate of drug-likeness (QED) is 0.825. The zero-order valence-electron chi connectivity index (χ0n) is 13.1. The molecule has 22 heavy (non-hydrogen) atoms. The van der Waals surface area contributed by atoms with Gasteiger partial charge in [0.25, 0.3) is 11.8 Å². The molecule has 120 valence electrons. The van der Waals surface area contributed by atoms with Gasteiger partial charge in [-0.2, -0.15) is 0 Å². The number of ether oxygens (including phenoxy) is 1. The van der Waals surface area contributed by atoms with E-state index in [1.165, 1.54) is 13.2 Å². The Hall–Kier alpha value is -2.05. The molecule has 7 heteroatoms. The molecule has 0 aromatic carbocycles. The van der Waals surface area contributed by atoms with Gasteiger partial charge in [-0.1, -0.05) is 13.8 Å². The lowest BCUT2D eigenvalue weighted by Crippen LogP contribution is -2.37. The van der Waals surface area contributed by atoms with Gasteiger partial charge in [-0.15, -0.1) is 0 Å². The van der Waals surface area contributed by atoms with Gasteiger partial charge in [-0.3, -0.25) is 9.59 Å². The van der Waals surface area contributed by atoms with Crippen LogP contribution >= 0.6 is 0 Å². The van der Waals surface area contributed by atoms with E-state index in [0.717, 1.165) is 13.1 Å². The van der Waals surface area contributed by atoms with Crippen molar-refractivity contribution in [3.63, 3.8) is 0 Å². The van der Waals surface area contributed by atoms with Crippen LogP contribution in [0.4, 0.5) is 0 Å². The first kappa shape index (κ1) is 14.9. The summed E-state index contributed by atoms with van der Waals surface area (Å²) in [6.45, 7) is 6.79. The van der Waals surface area contributed by atoms with Gasteiger partial charge in [-0.25, -0.2) is 0 Å². The van der Waals surface area contributed by atoms with Crippen molar-refractivity contribution in [2.45, 2.75) is 13.8 Å². The number of hydrogen-bond acceptors (Lipinski definition) is 5. The van der Waals surface area contributed by atoms with Crippen LogP contribution in [-0.2, 0) is 4.79 Å². The highest BCUT2D eigenvalue weighted by Gasteiger charge is 2.47. The summed E-state index contributed by atoms with van der Waals surface area (Å²) in [7, 11) is 1.47. The Kier molecular flexibility index (Phi) is 3.80. The first-order chi connectivity index (χ1) is 10.5. The molecule has 2 aliphatic heterocycles. The van der Waals surface area contributed by atoms with Crippen LogP contribution in [0.15, 0.2) is 10.6 Å². The minimum atomic E-state index is -0.228. The van der Waals surface area contributed by atoms with Gasteiger partial charge < -0.3 is 19.1 Å². The van der Waals surface area contributed by atoms with Crippen molar-refractivity contribution in [2.75, 3.05) is 33.3 Å². The first-order valence-corrected chi connectivity index (χ1v) is 7.58. The predicted octanol–water partition coefficient (Wildman–Crippen LogP) is 0.870. The molecule has 0 saturated carbocycles. The molecule has 3 heterocycles. The third-order valence-electron chi connectivity index (χ3n) is 4.31. The van der Waals surface area contributed by atoms with E-state index in [0.29, 0.717) is 19.0 Å². The van der Waals surface area contributed by atoms with Crippen LogP contribution in [0.3, 0.4) is 0 Å². The third-order valence-corrected chi connectivity index (χ3v) is 4.31. The number of aromatic nitrogens is 1. The smallest absolute Gasteiger partial charge is 0.292 e. The zero-order chi connectivity index (χ0) is 15.9. The van der Waals surface area contributed by atoms with Crippen molar-refractivity contribution in [1.82, 2.24) is 15.0 Å². The van der Waals surface area contributed by atoms with Gasteiger partial charge in [0.05, 0.1) is 19.1 Å². The van der Waals surface area contributed by atoms with Gasteiger partial charge in [0.1, 0.15) is 0 Å². The molecule has 0 bridgehead atoms. The molecule has 0 unspecified atom stereocenters. The highest BCUT2D eigenvalue weighted by Crippen LogP contribution is 2.33. The summed E-state index contributed by atoms with van der Waals surface area (Å²) >= 11 is 0. The maximum Gasteiger partial charge on any atom is 0.292 e. The van der Waals surface area contributed by atoms with Gasteiger partial charge in [-0.05, 0) is 11.1 Å². The molecule has 7 nitrogen and oxygen atoms in total. The molecule has 2 atom stereocenters. The van der Waals surface area contributed by atoms with E-state index in [-0.39, 0.29) is 35.3 Å². The van der Waals surface area contributed by atoms with Crippen LogP contribution in [0.25, 0.3) is 0 Å². The van der Waals surface area contributed by atoms with Crippen LogP contribution in [-0.4, -0.2) is 60.1 Å². The minimum absolute atomic E-state index is 0.0764. The second-order valence-electron chi connectivity index (χ2n) is 6.45. The summed E-state index contributed by atoms with van der Waals surface area (Å²) in [5.74, 6) is 0.984. The van der Waals surface area contributed by atoms with Gasteiger partial charge >= 0.3 is 0 Å². The fourth-order valence-electron chi connectivity index (χ4n) is 3.33. The molecule has 2 amide bonds. The molecule has 0 spiro atoms. The van der Waals surface area contributed by atoms with E-state index in [2.05, 4.69) is 19.0 Å². The van der Waals surface area contributed by atoms with E-state index in [1.54, 1.807) is 4.90 Å². The van der Waals surface area contributed by atoms with Crippen molar-refractivity contribution in [3.05, 3.63) is 11.8 Å². The van der Waals surface area contributed by atoms with Gasteiger partial charge in [0.15, 0.2) is 0 Å². The zero-order valence-corrected chi connectivity index (χ0v) is 13.1.